The highest BCUT2D eigenvalue weighted by atomic mass is 16.2. The summed E-state index contributed by atoms with van der Waals surface area (Å²) in [4.78, 5) is 14.7. The van der Waals surface area contributed by atoms with Crippen molar-refractivity contribution in [3.05, 3.63) is 54.2 Å². The first-order chi connectivity index (χ1) is 12.7. The van der Waals surface area contributed by atoms with E-state index < -0.39 is 0 Å². The maximum atomic E-state index is 12.8. The van der Waals surface area contributed by atoms with E-state index in [0.717, 1.165) is 19.3 Å². The number of nitriles is 1. The number of anilines is 1. The van der Waals surface area contributed by atoms with Gasteiger partial charge in [-0.1, -0.05) is 36.4 Å². The Morgan fingerprint density at radius 1 is 1.27 bits per heavy atom. The molecule has 2 aliphatic rings. The molecular weight excluding hydrogens is 326 g/mol. The Morgan fingerprint density at radius 3 is 2.88 bits per heavy atom. The summed E-state index contributed by atoms with van der Waals surface area (Å²) in [6, 6.07) is 14.6. The van der Waals surface area contributed by atoms with Crippen LogP contribution in [-0.4, -0.2) is 32.8 Å². The summed E-state index contributed by atoms with van der Waals surface area (Å²) >= 11 is 0. The SMILES string of the molecule is N#CCCn1ccc(NC(=O)N2C3C=C(c4ccccc4)CC2CC3)n1. The molecule has 0 aliphatic carbocycles. The molecule has 26 heavy (non-hydrogen) atoms. The highest BCUT2D eigenvalue weighted by Gasteiger charge is 2.39. The van der Waals surface area contributed by atoms with E-state index in [-0.39, 0.29) is 18.1 Å². The number of benzene rings is 1. The van der Waals surface area contributed by atoms with Gasteiger partial charge >= 0.3 is 6.03 Å². The summed E-state index contributed by atoms with van der Waals surface area (Å²) in [6.45, 7) is 0.532. The van der Waals surface area contributed by atoms with Crippen LogP contribution in [0.4, 0.5) is 10.6 Å². The van der Waals surface area contributed by atoms with Gasteiger partial charge < -0.3 is 4.90 Å². The minimum atomic E-state index is -0.0913. The molecule has 2 unspecified atom stereocenters. The second-order valence-electron chi connectivity index (χ2n) is 6.77. The van der Waals surface area contributed by atoms with Crippen molar-refractivity contribution in [2.75, 3.05) is 5.32 Å². The first kappa shape index (κ1) is 16.4. The van der Waals surface area contributed by atoms with E-state index in [4.69, 9.17) is 5.26 Å². The number of aromatic nitrogens is 2. The lowest BCUT2D eigenvalue weighted by Gasteiger charge is -2.34. The third kappa shape index (κ3) is 3.21. The van der Waals surface area contributed by atoms with Crippen LogP contribution >= 0.6 is 0 Å². The average molecular weight is 347 g/mol. The molecule has 3 heterocycles. The maximum absolute atomic E-state index is 12.8. The molecule has 2 amide bonds. The van der Waals surface area contributed by atoms with Crippen LogP contribution in [0.3, 0.4) is 0 Å². The monoisotopic (exact) mass is 347 g/mol. The highest BCUT2D eigenvalue weighted by molar-refractivity contribution is 5.90. The van der Waals surface area contributed by atoms with E-state index in [1.807, 2.05) is 11.0 Å². The smallest absolute Gasteiger partial charge is 0.315 e. The van der Waals surface area contributed by atoms with Crippen molar-refractivity contribution in [3.8, 4) is 6.07 Å². The zero-order valence-electron chi connectivity index (χ0n) is 14.5. The number of carbonyl (C=O) groups is 1. The molecule has 6 nitrogen and oxygen atoms in total. The summed E-state index contributed by atoms with van der Waals surface area (Å²) in [7, 11) is 0. The zero-order chi connectivity index (χ0) is 17.9. The maximum Gasteiger partial charge on any atom is 0.323 e. The van der Waals surface area contributed by atoms with Crippen LogP contribution in [0.15, 0.2) is 48.7 Å². The summed E-state index contributed by atoms with van der Waals surface area (Å²) in [5, 5.41) is 15.9. The molecule has 1 saturated heterocycles. The molecule has 1 fully saturated rings. The highest BCUT2D eigenvalue weighted by Crippen LogP contribution is 2.38. The van der Waals surface area contributed by atoms with Gasteiger partial charge in [0.2, 0.25) is 0 Å². The number of hydrogen-bond acceptors (Lipinski definition) is 3. The summed E-state index contributed by atoms with van der Waals surface area (Å²) in [5.74, 6) is 0.533. The quantitative estimate of drug-likeness (QED) is 0.917. The average Bonchev–Trinajstić information content (AvgIpc) is 3.22. The fourth-order valence-electron chi connectivity index (χ4n) is 3.90. The Balaban J connectivity index is 1.45. The van der Waals surface area contributed by atoms with Crippen LogP contribution in [-0.2, 0) is 6.54 Å². The lowest BCUT2D eigenvalue weighted by molar-refractivity contribution is 0.193. The molecule has 0 spiro atoms. The molecule has 1 aromatic carbocycles. The van der Waals surface area contributed by atoms with Crippen molar-refractivity contribution in [3.63, 3.8) is 0 Å². The van der Waals surface area contributed by atoms with Crippen LogP contribution in [0.25, 0.3) is 5.57 Å². The molecule has 2 aromatic rings. The topological polar surface area (TPSA) is 74.0 Å². The minimum absolute atomic E-state index is 0.0913. The summed E-state index contributed by atoms with van der Waals surface area (Å²) < 4.78 is 1.68. The Morgan fingerprint density at radius 2 is 2.12 bits per heavy atom. The van der Waals surface area contributed by atoms with Crippen LogP contribution in [0, 0.1) is 11.3 Å². The predicted octanol–water partition coefficient (Wildman–Crippen LogP) is 3.65. The molecule has 2 atom stereocenters. The van der Waals surface area contributed by atoms with Crippen molar-refractivity contribution in [1.82, 2.24) is 14.7 Å². The van der Waals surface area contributed by atoms with E-state index >= 15 is 0 Å². The number of nitrogens with one attached hydrogen (secondary N) is 1. The number of carbonyl (C=O) groups excluding carboxylic acids is 1. The number of urea groups is 1. The summed E-state index contributed by atoms with van der Waals surface area (Å²) in [5.41, 5.74) is 2.59. The molecule has 0 saturated carbocycles. The van der Waals surface area contributed by atoms with Gasteiger partial charge in [-0.05, 0) is 30.4 Å². The first-order valence-electron chi connectivity index (χ1n) is 9.00. The largest absolute Gasteiger partial charge is 0.323 e. The number of amides is 2. The van der Waals surface area contributed by atoms with Gasteiger partial charge in [-0.2, -0.15) is 10.4 Å². The molecule has 2 bridgehead atoms. The van der Waals surface area contributed by atoms with Gasteiger partial charge in [0.25, 0.3) is 0 Å². The second-order valence-corrected chi connectivity index (χ2v) is 6.77. The molecule has 2 aliphatic heterocycles. The predicted molar refractivity (Wildman–Crippen MR) is 99.2 cm³/mol. The van der Waals surface area contributed by atoms with Gasteiger partial charge in [0, 0.05) is 18.3 Å². The zero-order valence-corrected chi connectivity index (χ0v) is 14.5. The third-order valence-electron chi connectivity index (χ3n) is 5.10. The number of aryl methyl sites for hydroxylation is 1. The van der Waals surface area contributed by atoms with E-state index in [1.54, 1.807) is 16.9 Å². The molecule has 132 valence electrons. The van der Waals surface area contributed by atoms with Crippen LogP contribution in [0.1, 0.15) is 31.2 Å². The summed E-state index contributed by atoms with van der Waals surface area (Å²) in [6.07, 6.45) is 7.35. The molecule has 1 aromatic heterocycles. The second kappa shape index (κ2) is 7.04. The van der Waals surface area contributed by atoms with Crippen LogP contribution in [0.5, 0.6) is 0 Å². The van der Waals surface area contributed by atoms with Gasteiger partial charge in [0.15, 0.2) is 5.82 Å². The van der Waals surface area contributed by atoms with E-state index in [2.05, 4.69) is 46.8 Å². The third-order valence-corrected chi connectivity index (χ3v) is 5.10. The molecule has 6 heteroatoms. The van der Waals surface area contributed by atoms with Crippen LogP contribution in [0.2, 0.25) is 0 Å². The Bertz CT molecular complexity index is 864. The van der Waals surface area contributed by atoms with Crippen molar-refractivity contribution in [2.45, 2.75) is 44.3 Å². The normalized spacial score (nSPS) is 21.2. The Labute approximate surface area is 152 Å². The van der Waals surface area contributed by atoms with Gasteiger partial charge in [-0.3, -0.25) is 10.00 Å². The van der Waals surface area contributed by atoms with Crippen molar-refractivity contribution in [1.29, 1.82) is 5.26 Å². The standard InChI is InChI=1S/C20H21N5O/c21-10-4-11-24-12-9-19(23-24)22-20(26)25-17-7-8-18(25)14-16(13-17)15-5-2-1-3-6-15/h1-3,5-6,9,12-13,17-18H,4,7-8,11,14H2,(H,22,23,26). The Kier molecular flexibility index (Phi) is 4.44. The minimum Gasteiger partial charge on any atom is -0.315 e. The van der Waals surface area contributed by atoms with E-state index in [0.29, 0.717) is 18.8 Å². The van der Waals surface area contributed by atoms with E-state index in [9.17, 15) is 4.79 Å². The number of fused-ring (bicyclic) bond motifs is 2. The lowest BCUT2D eigenvalue weighted by Crippen LogP contribution is -2.45. The lowest BCUT2D eigenvalue weighted by atomic mass is 9.95. The van der Waals surface area contributed by atoms with E-state index in [1.165, 1.54) is 11.1 Å². The van der Waals surface area contributed by atoms with Crippen molar-refractivity contribution in [2.24, 2.45) is 0 Å². The van der Waals surface area contributed by atoms with Crippen molar-refractivity contribution >= 4 is 17.4 Å². The number of hydrogen-bond donors (Lipinski definition) is 1. The van der Waals surface area contributed by atoms with Gasteiger partial charge in [-0.25, -0.2) is 4.79 Å². The van der Waals surface area contributed by atoms with Crippen molar-refractivity contribution < 1.29 is 4.79 Å². The van der Waals surface area contributed by atoms with Crippen LogP contribution < -0.4 is 5.32 Å². The van der Waals surface area contributed by atoms with Gasteiger partial charge in [0.05, 0.1) is 25.1 Å². The molecular formula is C20H21N5O. The van der Waals surface area contributed by atoms with Gasteiger partial charge in [0.1, 0.15) is 0 Å². The first-order valence-corrected chi connectivity index (χ1v) is 9.00. The number of rotatable bonds is 4. The fraction of sp³-hybridized carbons (Fsp3) is 0.350. The molecule has 4 rings (SSSR count). The van der Waals surface area contributed by atoms with Gasteiger partial charge in [-0.15, -0.1) is 0 Å². The fourth-order valence-corrected chi connectivity index (χ4v) is 3.90. The molecule has 1 N–H and O–H groups in total. The number of nitrogens with zero attached hydrogens (tertiary/aromatic N) is 4. The molecule has 0 radical (unpaired) electrons. The Hall–Kier alpha value is -3.07.